The van der Waals surface area contributed by atoms with Crippen LogP contribution in [0.15, 0.2) is 65.8 Å². The maximum atomic E-state index is 12.6. The highest BCUT2D eigenvalue weighted by atomic mass is 32.2. The highest BCUT2D eigenvalue weighted by Gasteiger charge is 2.26. The predicted molar refractivity (Wildman–Crippen MR) is 97.6 cm³/mol. The van der Waals surface area contributed by atoms with Crippen LogP contribution in [0.25, 0.3) is 11.1 Å². The summed E-state index contributed by atoms with van der Waals surface area (Å²) in [5.41, 5.74) is 3.76. The van der Waals surface area contributed by atoms with E-state index in [1.807, 2.05) is 12.1 Å². The molecule has 0 unspecified atom stereocenters. The maximum absolute atomic E-state index is 12.6. The zero-order valence-corrected chi connectivity index (χ0v) is 15.0. The summed E-state index contributed by atoms with van der Waals surface area (Å²) in [6.45, 7) is 2.53. The molecule has 0 radical (unpaired) electrons. The second kappa shape index (κ2) is 6.46. The molecule has 0 N–H and O–H groups in total. The van der Waals surface area contributed by atoms with Gasteiger partial charge >= 0.3 is 10.1 Å². The number of fused-ring (bicyclic) bond motifs is 3. The molecule has 4 rings (SSSR count). The number of rotatable bonds is 4. The van der Waals surface area contributed by atoms with E-state index < -0.39 is 10.1 Å². The largest absolute Gasteiger partial charge is 0.488 e. The number of benzene rings is 2. The molecular weight excluding hydrogens is 350 g/mol. The van der Waals surface area contributed by atoms with Gasteiger partial charge in [-0.05, 0) is 47.4 Å². The zero-order valence-electron chi connectivity index (χ0n) is 14.2. The third-order valence-electron chi connectivity index (χ3n) is 4.32. The first-order valence-corrected chi connectivity index (χ1v) is 9.73. The Morgan fingerprint density at radius 1 is 1.12 bits per heavy atom. The SMILES string of the molecule is CCc1ccc2c(c1)-c1c(cccc1OS(=O)(=O)c1ccccn1)OC2. The number of ether oxygens (including phenoxy) is 1. The van der Waals surface area contributed by atoms with Crippen molar-refractivity contribution < 1.29 is 17.3 Å². The lowest BCUT2D eigenvalue weighted by molar-refractivity contribution is 0.301. The van der Waals surface area contributed by atoms with E-state index in [1.165, 1.54) is 17.8 Å². The van der Waals surface area contributed by atoms with E-state index in [2.05, 4.69) is 24.0 Å². The molecule has 0 aliphatic carbocycles. The first kappa shape index (κ1) is 16.6. The average Bonchev–Trinajstić information content (AvgIpc) is 2.68. The van der Waals surface area contributed by atoms with Crippen LogP contribution in [-0.4, -0.2) is 13.4 Å². The number of aromatic nitrogens is 1. The Balaban J connectivity index is 1.83. The van der Waals surface area contributed by atoms with Crippen molar-refractivity contribution in [2.75, 3.05) is 0 Å². The third kappa shape index (κ3) is 2.93. The molecule has 1 aromatic heterocycles. The van der Waals surface area contributed by atoms with E-state index in [9.17, 15) is 8.42 Å². The normalized spacial score (nSPS) is 12.7. The van der Waals surface area contributed by atoms with Gasteiger partial charge in [-0.2, -0.15) is 8.42 Å². The van der Waals surface area contributed by atoms with Crippen molar-refractivity contribution in [1.29, 1.82) is 0 Å². The minimum atomic E-state index is -4.03. The first-order chi connectivity index (χ1) is 12.6. The molecule has 0 atom stereocenters. The van der Waals surface area contributed by atoms with Crippen molar-refractivity contribution >= 4 is 10.1 Å². The minimum absolute atomic E-state index is 0.128. The van der Waals surface area contributed by atoms with Crippen LogP contribution in [0.3, 0.4) is 0 Å². The van der Waals surface area contributed by atoms with Gasteiger partial charge in [-0.15, -0.1) is 0 Å². The van der Waals surface area contributed by atoms with Gasteiger partial charge in [0.15, 0.2) is 10.8 Å². The van der Waals surface area contributed by atoms with Crippen molar-refractivity contribution in [2.45, 2.75) is 25.0 Å². The minimum Gasteiger partial charge on any atom is -0.488 e. The van der Waals surface area contributed by atoms with Gasteiger partial charge in [0.1, 0.15) is 12.4 Å². The Labute approximate surface area is 152 Å². The maximum Gasteiger partial charge on any atom is 0.356 e. The molecule has 1 aliphatic rings. The molecule has 2 aromatic carbocycles. The first-order valence-electron chi connectivity index (χ1n) is 8.32. The molecule has 0 bridgehead atoms. The molecule has 26 heavy (non-hydrogen) atoms. The van der Waals surface area contributed by atoms with Crippen molar-refractivity contribution in [2.24, 2.45) is 0 Å². The van der Waals surface area contributed by atoms with Crippen LogP contribution in [0.5, 0.6) is 11.5 Å². The van der Waals surface area contributed by atoms with Crippen molar-refractivity contribution in [1.82, 2.24) is 4.98 Å². The van der Waals surface area contributed by atoms with Crippen LogP contribution in [-0.2, 0) is 23.1 Å². The Morgan fingerprint density at radius 3 is 2.77 bits per heavy atom. The Hall–Kier alpha value is -2.86. The van der Waals surface area contributed by atoms with Gasteiger partial charge in [-0.1, -0.05) is 37.3 Å². The molecule has 1 aliphatic heterocycles. The second-order valence-electron chi connectivity index (χ2n) is 5.97. The van der Waals surface area contributed by atoms with E-state index in [-0.39, 0.29) is 10.8 Å². The average molecular weight is 367 g/mol. The summed E-state index contributed by atoms with van der Waals surface area (Å²) in [5, 5.41) is -0.128. The highest BCUT2D eigenvalue weighted by molar-refractivity contribution is 7.87. The van der Waals surface area contributed by atoms with Crippen LogP contribution in [0, 0.1) is 0 Å². The van der Waals surface area contributed by atoms with Gasteiger partial charge in [0, 0.05) is 6.20 Å². The number of pyridine rings is 1. The summed E-state index contributed by atoms with van der Waals surface area (Å²) in [6, 6.07) is 16.0. The lowest BCUT2D eigenvalue weighted by atomic mass is 9.94. The molecule has 132 valence electrons. The summed E-state index contributed by atoms with van der Waals surface area (Å²) in [6.07, 6.45) is 2.31. The van der Waals surface area contributed by atoms with Gasteiger partial charge in [0.25, 0.3) is 0 Å². The van der Waals surface area contributed by atoms with Crippen LogP contribution < -0.4 is 8.92 Å². The van der Waals surface area contributed by atoms with Crippen molar-refractivity contribution in [3.8, 4) is 22.6 Å². The molecule has 0 amide bonds. The monoisotopic (exact) mass is 367 g/mol. The standard InChI is InChI=1S/C20H17NO4S/c1-2-14-9-10-15-13-24-17-6-5-7-18(20(17)16(15)12-14)25-26(22,23)19-8-3-4-11-21-19/h3-12H,2,13H2,1H3. The van der Waals surface area contributed by atoms with Crippen molar-refractivity contribution in [3.63, 3.8) is 0 Å². The quantitative estimate of drug-likeness (QED) is 0.653. The summed E-state index contributed by atoms with van der Waals surface area (Å²) < 4.78 is 36.4. The molecule has 3 aromatic rings. The zero-order chi connectivity index (χ0) is 18.1. The van der Waals surface area contributed by atoms with E-state index >= 15 is 0 Å². The van der Waals surface area contributed by atoms with Gasteiger partial charge in [-0.3, -0.25) is 0 Å². The molecule has 2 heterocycles. The topological polar surface area (TPSA) is 65.5 Å². The molecule has 0 saturated carbocycles. The fourth-order valence-corrected chi connectivity index (χ4v) is 3.88. The van der Waals surface area contributed by atoms with E-state index in [0.29, 0.717) is 17.9 Å². The molecule has 0 spiro atoms. The highest BCUT2D eigenvalue weighted by Crippen LogP contribution is 2.44. The van der Waals surface area contributed by atoms with Gasteiger partial charge < -0.3 is 8.92 Å². The number of aryl methyl sites for hydroxylation is 1. The Bertz CT molecular complexity index is 1060. The molecule has 5 nitrogen and oxygen atoms in total. The number of hydrogen-bond acceptors (Lipinski definition) is 5. The molecular formula is C20H17NO4S. The summed E-state index contributed by atoms with van der Waals surface area (Å²) in [4.78, 5) is 3.89. The lowest BCUT2D eigenvalue weighted by Gasteiger charge is -2.23. The van der Waals surface area contributed by atoms with Gasteiger partial charge in [-0.25, -0.2) is 4.98 Å². The van der Waals surface area contributed by atoms with Gasteiger partial charge in [0.2, 0.25) is 0 Å². The van der Waals surface area contributed by atoms with Crippen LogP contribution in [0.4, 0.5) is 0 Å². The summed E-state index contributed by atoms with van der Waals surface area (Å²) >= 11 is 0. The summed E-state index contributed by atoms with van der Waals surface area (Å²) in [5.74, 6) is 0.849. The van der Waals surface area contributed by atoms with E-state index in [4.69, 9.17) is 8.92 Å². The predicted octanol–water partition coefficient (Wildman–Crippen LogP) is 3.97. The third-order valence-corrected chi connectivity index (χ3v) is 5.47. The van der Waals surface area contributed by atoms with Crippen molar-refractivity contribution in [3.05, 3.63) is 71.9 Å². The fraction of sp³-hybridized carbons (Fsp3) is 0.150. The molecule has 0 fully saturated rings. The fourth-order valence-electron chi connectivity index (χ4n) is 2.98. The van der Waals surface area contributed by atoms with E-state index in [1.54, 1.807) is 24.3 Å². The second-order valence-corrected chi connectivity index (χ2v) is 7.46. The smallest absolute Gasteiger partial charge is 0.356 e. The number of nitrogens with zero attached hydrogens (tertiary/aromatic N) is 1. The van der Waals surface area contributed by atoms with E-state index in [0.717, 1.165) is 17.5 Å². The lowest BCUT2D eigenvalue weighted by Crippen LogP contribution is -2.13. The Kier molecular flexibility index (Phi) is 4.12. The Morgan fingerprint density at radius 2 is 2.00 bits per heavy atom. The number of hydrogen-bond donors (Lipinski definition) is 0. The van der Waals surface area contributed by atoms with Crippen LogP contribution in [0.1, 0.15) is 18.1 Å². The molecule has 0 saturated heterocycles. The van der Waals surface area contributed by atoms with Crippen LogP contribution >= 0.6 is 0 Å². The van der Waals surface area contributed by atoms with Crippen LogP contribution in [0.2, 0.25) is 0 Å². The summed E-state index contributed by atoms with van der Waals surface area (Å²) in [7, 11) is -4.03. The molecule has 6 heteroatoms. The van der Waals surface area contributed by atoms with Gasteiger partial charge in [0.05, 0.1) is 5.56 Å².